The number of amides is 1. The molecule has 1 aliphatic rings. The van der Waals surface area contributed by atoms with Crippen molar-refractivity contribution < 1.29 is 18.0 Å². The Bertz CT molecular complexity index is 1340. The average Bonchev–Trinajstić information content (AvgIpc) is 3.19. The van der Waals surface area contributed by atoms with Crippen molar-refractivity contribution in [1.29, 1.82) is 0 Å². The number of carbonyl (C=O) groups is 2. The van der Waals surface area contributed by atoms with Gasteiger partial charge in [0.05, 0.1) is 4.90 Å². The topological polar surface area (TPSA) is 111 Å². The summed E-state index contributed by atoms with van der Waals surface area (Å²) in [5.41, 5.74) is 3.72. The molecule has 4 rings (SSSR count). The quantitative estimate of drug-likeness (QED) is 0.539. The number of hydrogen-bond donors (Lipinski definition) is 2. The summed E-state index contributed by atoms with van der Waals surface area (Å²) in [5.74, 6) is -0.350. The van der Waals surface area contributed by atoms with Gasteiger partial charge in [-0.15, -0.1) is 0 Å². The maximum absolute atomic E-state index is 13.2. The zero-order valence-electron chi connectivity index (χ0n) is 18.8. The van der Waals surface area contributed by atoms with Crippen LogP contribution >= 0.6 is 0 Å². The Morgan fingerprint density at radius 1 is 1.15 bits per heavy atom. The summed E-state index contributed by atoms with van der Waals surface area (Å²) >= 11 is 0. The van der Waals surface area contributed by atoms with Gasteiger partial charge in [0.15, 0.2) is 5.78 Å². The Morgan fingerprint density at radius 2 is 1.85 bits per heavy atom. The number of fused-ring (bicyclic) bond motifs is 1. The first kappa shape index (κ1) is 22.9. The number of ketones is 1. The fourth-order valence-corrected chi connectivity index (χ4v) is 4.92. The largest absolute Gasteiger partial charge is 0.326 e. The highest BCUT2D eigenvalue weighted by Crippen LogP contribution is 2.37. The number of anilines is 1. The number of rotatable bonds is 6. The summed E-state index contributed by atoms with van der Waals surface area (Å²) < 4.78 is 24.9. The molecule has 0 fully saturated rings. The third kappa shape index (κ3) is 4.62. The first-order valence-electron chi connectivity index (χ1n) is 10.7. The summed E-state index contributed by atoms with van der Waals surface area (Å²) in [4.78, 5) is 25.3. The van der Waals surface area contributed by atoms with E-state index in [1.54, 1.807) is 18.2 Å². The van der Waals surface area contributed by atoms with Gasteiger partial charge in [0.1, 0.15) is 0 Å². The SMILES string of the molecule is CC(Cc1cccn1-c1ccc(S(N)(=O)=O)cc1)C(=O)c1ccc2c(c1)NC(=O)CC2(C)C. The van der Waals surface area contributed by atoms with E-state index in [0.29, 0.717) is 24.1 Å². The maximum Gasteiger partial charge on any atom is 0.238 e. The zero-order chi connectivity index (χ0) is 24.0. The first-order chi connectivity index (χ1) is 15.5. The van der Waals surface area contributed by atoms with Gasteiger partial charge in [0.25, 0.3) is 0 Å². The van der Waals surface area contributed by atoms with E-state index < -0.39 is 10.0 Å². The van der Waals surface area contributed by atoms with Gasteiger partial charge in [0.2, 0.25) is 15.9 Å². The highest BCUT2D eigenvalue weighted by Gasteiger charge is 2.32. The van der Waals surface area contributed by atoms with E-state index in [1.165, 1.54) is 12.1 Å². The number of primary sulfonamides is 1. The van der Waals surface area contributed by atoms with Gasteiger partial charge in [-0.3, -0.25) is 9.59 Å². The molecule has 3 aromatic rings. The summed E-state index contributed by atoms with van der Waals surface area (Å²) in [6, 6.07) is 15.7. The Hall–Kier alpha value is -3.23. The van der Waals surface area contributed by atoms with Crippen molar-refractivity contribution in [1.82, 2.24) is 4.57 Å². The molecule has 1 aliphatic heterocycles. The lowest BCUT2D eigenvalue weighted by atomic mass is 9.77. The minimum atomic E-state index is -3.76. The molecular formula is C25H27N3O4S. The predicted octanol–water partition coefficient (Wildman–Crippen LogP) is 3.81. The van der Waals surface area contributed by atoms with Crippen LogP contribution in [-0.2, 0) is 26.7 Å². The second-order valence-corrected chi connectivity index (χ2v) is 10.8. The van der Waals surface area contributed by atoms with Gasteiger partial charge in [-0.2, -0.15) is 0 Å². The lowest BCUT2D eigenvalue weighted by molar-refractivity contribution is -0.117. The second kappa shape index (κ2) is 8.28. The maximum atomic E-state index is 13.2. The van der Waals surface area contributed by atoms with Crippen LogP contribution in [0.1, 0.15) is 48.8 Å². The molecule has 33 heavy (non-hydrogen) atoms. The van der Waals surface area contributed by atoms with Gasteiger partial charge in [-0.25, -0.2) is 13.6 Å². The average molecular weight is 466 g/mol. The number of aromatic nitrogens is 1. The highest BCUT2D eigenvalue weighted by atomic mass is 32.2. The standard InChI is InChI=1S/C25H27N3O4S/c1-16(24(30)17-6-11-21-22(14-17)27-23(29)15-25(21,2)3)13-19-5-4-12-28(19)18-7-9-20(10-8-18)33(26,31)32/h4-12,14,16H,13,15H2,1-3H3,(H,27,29)(H2,26,31,32). The molecule has 3 N–H and O–H groups in total. The molecule has 0 aliphatic carbocycles. The molecule has 0 bridgehead atoms. The Morgan fingerprint density at radius 3 is 2.52 bits per heavy atom. The second-order valence-electron chi connectivity index (χ2n) is 9.25. The van der Waals surface area contributed by atoms with E-state index in [2.05, 4.69) is 5.32 Å². The molecule has 8 heteroatoms. The number of nitrogens with one attached hydrogen (secondary N) is 1. The van der Waals surface area contributed by atoms with Gasteiger partial charge in [-0.05, 0) is 54.4 Å². The third-order valence-electron chi connectivity index (χ3n) is 6.15. The number of sulfonamides is 1. The lowest BCUT2D eigenvalue weighted by Crippen LogP contribution is -2.32. The summed E-state index contributed by atoms with van der Waals surface area (Å²) in [6.45, 7) is 5.93. The Labute approximate surface area is 193 Å². The molecule has 1 atom stereocenters. The van der Waals surface area contributed by atoms with Crippen molar-refractivity contribution in [3.8, 4) is 5.69 Å². The fourth-order valence-electron chi connectivity index (χ4n) is 4.40. The molecule has 7 nitrogen and oxygen atoms in total. The highest BCUT2D eigenvalue weighted by molar-refractivity contribution is 7.89. The molecule has 172 valence electrons. The normalized spacial score (nSPS) is 16.1. The first-order valence-corrected chi connectivity index (χ1v) is 12.3. The van der Waals surface area contributed by atoms with Crippen LogP contribution in [0.3, 0.4) is 0 Å². The molecule has 2 heterocycles. The van der Waals surface area contributed by atoms with Crippen molar-refractivity contribution in [2.24, 2.45) is 11.1 Å². The van der Waals surface area contributed by atoms with Crippen molar-refractivity contribution >= 4 is 27.4 Å². The van der Waals surface area contributed by atoms with Gasteiger partial charge < -0.3 is 9.88 Å². The molecule has 2 aromatic carbocycles. The van der Waals surface area contributed by atoms with Crippen LogP contribution < -0.4 is 10.5 Å². The summed E-state index contributed by atoms with van der Waals surface area (Å²) in [7, 11) is -3.76. The van der Waals surface area contributed by atoms with Gasteiger partial charge in [-0.1, -0.05) is 32.9 Å². The van der Waals surface area contributed by atoms with Crippen LogP contribution in [0.4, 0.5) is 5.69 Å². The zero-order valence-corrected chi connectivity index (χ0v) is 19.6. The van der Waals surface area contributed by atoms with E-state index in [9.17, 15) is 18.0 Å². The smallest absolute Gasteiger partial charge is 0.238 e. The van der Waals surface area contributed by atoms with Crippen LogP contribution in [-0.4, -0.2) is 24.7 Å². The molecule has 0 radical (unpaired) electrons. The Balaban J connectivity index is 1.55. The van der Waals surface area contributed by atoms with Crippen LogP contribution in [0.5, 0.6) is 0 Å². The molecular weight excluding hydrogens is 438 g/mol. The monoisotopic (exact) mass is 465 g/mol. The molecule has 1 aromatic heterocycles. The summed E-state index contributed by atoms with van der Waals surface area (Å²) in [5, 5.41) is 8.07. The number of carbonyl (C=O) groups excluding carboxylic acids is 2. The van der Waals surface area contributed by atoms with Crippen LogP contribution in [0.2, 0.25) is 0 Å². The molecule has 0 spiro atoms. The van der Waals surface area contributed by atoms with E-state index in [4.69, 9.17) is 5.14 Å². The number of nitrogens with zero attached hydrogens (tertiary/aromatic N) is 1. The summed E-state index contributed by atoms with van der Waals surface area (Å²) in [6.07, 6.45) is 2.78. The number of hydrogen-bond acceptors (Lipinski definition) is 4. The molecule has 1 unspecified atom stereocenters. The number of Topliss-reactive ketones (excluding diaryl/α,β-unsaturated/α-hetero) is 1. The lowest BCUT2D eigenvalue weighted by Gasteiger charge is -2.32. The molecule has 1 amide bonds. The third-order valence-corrected chi connectivity index (χ3v) is 7.08. The van der Waals surface area contributed by atoms with Crippen molar-refractivity contribution in [2.45, 2.75) is 43.9 Å². The van der Waals surface area contributed by atoms with Crippen molar-refractivity contribution in [2.75, 3.05) is 5.32 Å². The van der Waals surface area contributed by atoms with Gasteiger partial charge >= 0.3 is 0 Å². The number of benzene rings is 2. The van der Waals surface area contributed by atoms with E-state index >= 15 is 0 Å². The fraction of sp³-hybridized carbons (Fsp3) is 0.280. The predicted molar refractivity (Wildman–Crippen MR) is 127 cm³/mol. The van der Waals surface area contributed by atoms with Crippen molar-refractivity contribution in [3.05, 3.63) is 77.6 Å². The van der Waals surface area contributed by atoms with Crippen LogP contribution in [0.25, 0.3) is 5.69 Å². The van der Waals surface area contributed by atoms with Gasteiger partial charge in [0, 0.05) is 46.6 Å². The minimum absolute atomic E-state index is 0.00671. The number of nitrogens with two attached hydrogens (primary N) is 1. The van der Waals surface area contributed by atoms with E-state index in [1.807, 2.05) is 55.8 Å². The van der Waals surface area contributed by atoms with E-state index in [0.717, 1.165) is 16.9 Å². The Kier molecular flexibility index (Phi) is 5.76. The van der Waals surface area contributed by atoms with Crippen LogP contribution in [0.15, 0.2) is 65.7 Å². The van der Waals surface area contributed by atoms with Crippen molar-refractivity contribution in [3.63, 3.8) is 0 Å². The minimum Gasteiger partial charge on any atom is -0.326 e. The molecule has 0 saturated carbocycles. The van der Waals surface area contributed by atoms with E-state index in [-0.39, 0.29) is 27.9 Å². The van der Waals surface area contributed by atoms with Crippen LogP contribution in [0, 0.1) is 5.92 Å². The molecule has 0 saturated heterocycles.